The van der Waals surface area contributed by atoms with E-state index < -0.39 is 0 Å². The zero-order valence-electron chi connectivity index (χ0n) is 13.7. The Balaban J connectivity index is 1.67. The third kappa shape index (κ3) is 4.04. The zero-order valence-corrected chi connectivity index (χ0v) is 15.2. The molecule has 0 spiro atoms. The Morgan fingerprint density at radius 3 is 2.75 bits per heavy atom. The number of hydrogen-bond acceptors (Lipinski definition) is 3. The van der Waals surface area contributed by atoms with Crippen LogP contribution >= 0.6 is 23.2 Å². The van der Waals surface area contributed by atoms with Gasteiger partial charge in [0.05, 0.1) is 17.3 Å². The first-order chi connectivity index (χ1) is 11.5. The van der Waals surface area contributed by atoms with Crippen LogP contribution in [0, 0.1) is 0 Å². The molecule has 24 heavy (non-hydrogen) atoms. The maximum absolute atomic E-state index is 6.32. The van der Waals surface area contributed by atoms with Crippen LogP contribution in [0.15, 0.2) is 54.3 Å². The van der Waals surface area contributed by atoms with Crippen molar-refractivity contribution >= 4 is 28.9 Å². The van der Waals surface area contributed by atoms with E-state index in [1.54, 1.807) is 0 Å². The van der Waals surface area contributed by atoms with E-state index in [2.05, 4.69) is 24.4 Å². The van der Waals surface area contributed by atoms with Crippen molar-refractivity contribution in [1.29, 1.82) is 0 Å². The van der Waals surface area contributed by atoms with Gasteiger partial charge in [-0.05, 0) is 55.3 Å². The van der Waals surface area contributed by atoms with Gasteiger partial charge in [-0.3, -0.25) is 0 Å². The third-order valence-electron chi connectivity index (χ3n) is 4.04. The minimum absolute atomic E-state index is 0.203. The van der Waals surface area contributed by atoms with Crippen molar-refractivity contribution in [2.75, 3.05) is 11.6 Å². The van der Waals surface area contributed by atoms with Crippen molar-refractivity contribution in [3.8, 4) is 0 Å². The van der Waals surface area contributed by atoms with E-state index in [1.165, 1.54) is 5.56 Å². The van der Waals surface area contributed by atoms with Gasteiger partial charge in [-0.15, -0.1) is 0 Å². The van der Waals surface area contributed by atoms with Crippen LogP contribution in [0.1, 0.15) is 31.0 Å². The first kappa shape index (κ1) is 17.2. The van der Waals surface area contributed by atoms with Crippen molar-refractivity contribution in [1.82, 2.24) is 5.32 Å². The molecule has 5 heteroatoms. The topological polar surface area (TPSA) is 24.5 Å². The van der Waals surface area contributed by atoms with Crippen LogP contribution in [0.4, 0.5) is 5.69 Å². The zero-order chi connectivity index (χ0) is 17.1. The molecule has 0 amide bonds. The summed E-state index contributed by atoms with van der Waals surface area (Å²) in [5.74, 6) is 0.893. The second-order valence-electron chi connectivity index (χ2n) is 5.91. The fourth-order valence-electron chi connectivity index (χ4n) is 2.63. The van der Waals surface area contributed by atoms with Crippen LogP contribution < -0.4 is 10.4 Å². The number of allylic oxidation sites excluding steroid dienone is 1. The summed E-state index contributed by atoms with van der Waals surface area (Å²) < 4.78 is 0. The van der Waals surface area contributed by atoms with Crippen molar-refractivity contribution in [2.45, 2.75) is 26.4 Å². The molecule has 1 heterocycles. The second-order valence-corrected chi connectivity index (χ2v) is 6.75. The second kappa shape index (κ2) is 7.47. The summed E-state index contributed by atoms with van der Waals surface area (Å²) in [5, 5.41) is 6.76. The molecule has 0 aromatic heterocycles. The first-order valence-corrected chi connectivity index (χ1v) is 8.68. The lowest BCUT2D eigenvalue weighted by molar-refractivity contribution is 0.214. The summed E-state index contributed by atoms with van der Waals surface area (Å²) in [4.78, 5) is 5.67. The largest absolute Gasteiger partial charge is 0.384 e. The number of hydrogen-bond donors (Lipinski definition) is 1. The molecule has 0 saturated heterocycles. The Morgan fingerprint density at radius 1 is 1.21 bits per heavy atom. The van der Waals surface area contributed by atoms with E-state index in [-0.39, 0.29) is 6.04 Å². The highest BCUT2D eigenvalue weighted by Gasteiger charge is 2.17. The molecule has 0 unspecified atom stereocenters. The molecule has 1 atom stereocenters. The van der Waals surface area contributed by atoms with Crippen LogP contribution in [0.5, 0.6) is 0 Å². The number of nitrogens with one attached hydrogen (secondary N) is 1. The molecular weight excluding hydrogens is 343 g/mol. The highest BCUT2D eigenvalue weighted by Crippen LogP contribution is 2.30. The summed E-state index contributed by atoms with van der Waals surface area (Å²) in [5.41, 5.74) is 3.20. The van der Waals surface area contributed by atoms with Crippen LogP contribution in [-0.2, 0) is 11.4 Å². The van der Waals surface area contributed by atoms with E-state index in [4.69, 9.17) is 28.0 Å². The van der Waals surface area contributed by atoms with Crippen molar-refractivity contribution in [2.24, 2.45) is 0 Å². The summed E-state index contributed by atoms with van der Waals surface area (Å²) >= 11 is 12.4. The number of benzene rings is 2. The number of nitrogens with zero attached hydrogens (tertiary/aromatic N) is 1. The van der Waals surface area contributed by atoms with Gasteiger partial charge in [0.25, 0.3) is 0 Å². The average Bonchev–Trinajstić information content (AvgIpc) is 3.00. The number of rotatable bonds is 5. The van der Waals surface area contributed by atoms with Crippen LogP contribution in [0.2, 0.25) is 10.0 Å². The summed E-state index contributed by atoms with van der Waals surface area (Å²) in [6, 6.07) is 14.1. The quantitative estimate of drug-likeness (QED) is 0.759. The lowest BCUT2D eigenvalue weighted by Crippen LogP contribution is -2.20. The van der Waals surface area contributed by atoms with Gasteiger partial charge in [-0.2, -0.15) is 0 Å². The predicted octanol–water partition coefficient (Wildman–Crippen LogP) is 5.50. The number of anilines is 1. The molecule has 1 aliphatic heterocycles. The minimum atomic E-state index is 0.203. The highest BCUT2D eigenvalue weighted by molar-refractivity contribution is 6.33. The Morgan fingerprint density at radius 2 is 2.04 bits per heavy atom. The molecule has 0 bridgehead atoms. The molecule has 0 fully saturated rings. The van der Waals surface area contributed by atoms with Crippen LogP contribution in [0.3, 0.4) is 0 Å². The fraction of sp³-hybridized carbons (Fsp3) is 0.263. The van der Waals surface area contributed by atoms with Gasteiger partial charge in [0.15, 0.2) is 0 Å². The Bertz CT molecular complexity index is 761. The van der Waals surface area contributed by atoms with Crippen molar-refractivity contribution in [3.05, 3.63) is 75.5 Å². The third-order valence-corrected chi connectivity index (χ3v) is 4.59. The number of halogens is 2. The van der Waals surface area contributed by atoms with Gasteiger partial charge in [-0.1, -0.05) is 41.4 Å². The van der Waals surface area contributed by atoms with Crippen molar-refractivity contribution in [3.63, 3.8) is 0 Å². The number of hydroxylamine groups is 1. The summed E-state index contributed by atoms with van der Waals surface area (Å²) in [6.07, 6.45) is 2.03. The molecule has 0 saturated carbocycles. The molecule has 2 aromatic carbocycles. The van der Waals surface area contributed by atoms with Gasteiger partial charge in [0.1, 0.15) is 5.76 Å². The van der Waals surface area contributed by atoms with E-state index in [9.17, 15) is 0 Å². The molecule has 1 aliphatic rings. The SMILES string of the molecule is CC1=CCN(c2cc(CN[C@H](C)c3cccc(Cl)c3)ccc2Cl)O1. The van der Waals surface area contributed by atoms with E-state index >= 15 is 0 Å². The Kier molecular flexibility index (Phi) is 5.34. The maximum Gasteiger partial charge on any atom is 0.127 e. The van der Waals surface area contributed by atoms with Gasteiger partial charge in [-0.25, -0.2) is 5.06 Å². The molecule has 126 valence electrons. The molecule has 1 N–H and O–H groups in total. The molecule has 3 nitrogen and oxygen atoms in total. The lowest BCUT2D eigenvalue weighted by Gasteiger charge is -2.20. The fourth-order valence-corrected chi connectivity index (χ4v) is 3.04. The minimum Gasteiger partial charge on any atom is -0.384 e. The van der Waals surface area contributed by atoms with E-state index in [1.807, 2.05) is 48.4 Å². The normalized spacial score (nSPS) is 15.2. The van der Waals surface area contributed by atoms with Crippen LogP contribution in [0.25, 0.3) is 0 Å². The molecule has 0 radical (unpaired) electrons. The van der Waals surface area contributed by atoms with Crippen molar-refractivity contribution < 1.29 is 4.84 Å². The van der Waals surface area contributed by atoms with Gasteiger partial charge in [0.2, 0.25) is 0 Å². The van der Waals surface area contributed by atoms with Crippen LogP contribution in [-0.4, -0.2) is 6.54 Å². The van der Waals surface area contributed by atoms with Gasteiger partial charge >= 0.3 is 0 Å². The Labute approximate surface area is 152 Å². The lowest BCUT2D eigenvalue weighted by atomic mass is 10.1. The molecule has 0 aliphatic carbocycles. The summed E-state index contributed by atoms with van der Waals surface area (Å²) in [6.45, 7) is 5.50. The van der Waals surface area contributed by atoms with E-state index in [0.717, 1.165) is 28.6 Å². The Hall–Kier alpha value is -1.68. The highest BCUT2D eigenvalue weighted by atomic mass is 35.5. The molecular formula is C19H20Cl2N2O. The summed E-state index contributed by atoms with van der Waals surface area (Å²) in [7, 11) is 0. The van der Waals surface area contributed by atoms with Gasteiger partial charge < -0.3 is 10.2 Å². The predicted molar refractivity (Wildman–Crippen MR) is 100 cm³/mol. The molecule has 2 aromatic rings. The first-order valence-electron chi connectivity index (χ1n) is 7.92. The van der Waals surface area contributed by atoms with E-state index in [0.29, 0.717) is 11.6 Å². The van der Waals surface area contributed by atoms with Gasteiger partial charge in [0, 0.05) is 17.6 Å². The maximum atomic E-state index is 6.32. The standard InChI is InChI=1S/C19H20Cl2N2O/c1-13-8-9-23(24-13)19-10-15(6-7-18(19)21)12-22-14(2)16-4-3-5-17(20)11-16/h3-8,10-11,14,22H,9,12H2,1-2H3/t14-/m1/s1. The average molecular weight is 363 g/mol. The molecule has 3 rings (SSSR count). The smallest absolute Gasteiger partial charge is 0.127 e. The monoisotopic (exact) mass is 362 g/mol.